The van der Waals surface area contributed by atoms with Crippen LogP contribution in [0.15, 0.2) is 29.2 Å². The van der Waals surface area contributed by atoms with Crippen molar-refractivity contribution >= 4 is 11.8 Å². The van der Waals surface area contributed by atoms with Crippen molar-refractivity contribution < 1.29 is 9.31 Å². The van der Waals surface area contributed by atoms with E-state index in [1.54, 1.807) is 19.1 Å². The second-order valence-electron chi connectivity index (χ2n) is 3.12. The predicted octanol–water partition coefficient (Wildman–Crippen LogP) is 2.97. The van der Waals surface area contributed by atoms with Crippen LogP contribution in [0.5, 0.6) is 0 Å². The van der Waals surface area contributed by atoms with Gasteiger partial charge in [-0.05, 0) is 18.2 Å². The third-order valence-electron chi connectivity index (χ3n) is 2.01. The average molecular weight is 229 g/mol. The van der Waals surface area contributed by atoms with Crippen LogP contribution in [0.4, 0.5) is 4.39 Å². The van der Waals surface area contributed by atoms with E-state index >= 15 is 0 Å². The molecule has 1 unspecified atom stereocenters. The number of halogens is 1. The van der Waals surface area contributed by atoms with Crippen LogP contribution in [0.1, 0.15) is 13.3 Å². The normalized spacial score (nSPS) is 12.4. The molecule has 0 aliphatic rings. The molecule has 82 valence electrons. The Morgan fingerprint density at radius 1 is 1.60 bits per heavy atom. The van der Waals surface area contributed by atoms with E-state index in [-0.39, 0.29) is 10.7 Å². The first-order chi connectivity index (χ1) is 7.13. The standard InChI is InChI=1S/C10H12FNO2S/c1-2-9(12(13)14)7-15-10-5-3-4-8(11)6-10/h3-6,9H,2,7H2,1H3. The molecule has 0 amide bonds. The summed E-state index contributed by atoms with van der Waals surface area (Å²) in [6.45, 7) is 1.78. The molecule has 15 heavy (non-hydrogen) atoms. The summed E-state index contributed by atoms with van der Waals surface area (Å²) in [6, 6.07) is 5.54. The van der Waals surface area contributed by atoms with Crippen molar-refractivity contribution in [1.82, 2.24) is 0 Å². The topological polar surface area (TPSA) is 43.1 Å². The number of hydrogen-bond acceptors (Lipinski definition) is 3. The minimum absolute atomic E-state index is 0.285. The van der Waals surface area contributed by atoms with Crippen molar-refractivity contribution in [1.29, 1.82) is 0 Å². The van der Waals surface area contributed by atoms with Crippen molar-refractivity contribution in [2.45, 2.75) is 24.3 Å². The number of rotatable bonds is 5. The lowest BCUT2D eigenvalue weighted by atomic mass is 10.3. The van der Waals surface area contributed by atoms with Gasteiger partial charge in [0.15, 0.2) is 0 Å². The van der Waals surface area contributed by atoms with Gasteiger partial charge in [-0.3, -0.25) is 10.1 Å². The Labute approximate surface area is 91.8 Å². The molecule has 0 aliphatic heterocycles. The van der Waals surface area contributed by atoms with E-state index in [9.17, 15) is 14.5 Å². The molecule has 5 heteroatoms. The van der Waals surface area contributed by atoms with Crippen LogP contribution in [0, 0.1) is 15.9 Å². The van der Waals surface area contributed by atoms with E-state index < -0.39 is 6.04 Å². The maximum Gasteiger partial charge on any atom is 0.222 e. The molecule has 1 aromatic carbocycles. The fourth-order valence-electron chi connectivity index (χ4n) is 1.08. The molecular weight excluding hydrogens is 217 g/mol. The van der Waals surface area contributed by atoms with Gasteiger partial charge in [-0.15, -0.1) is 11.8 Å². The Hall–Kier alpha value is -1.10. The van der Waals surface area contributed by atoms with Crippen LogP contribution >= 0.6 is 11.8 Å². The van der Waals surface area contributed by atoms with E-state index in [1.165, 1.54) is 23.9 Å². The second kappa shape index (κ2) is 5.70. The summed E-state index contributed by atoms with van der Waals surface area (Å²) in [6.07, 6.45) is 0.495. The fraction of sp³-hybridized carbons (Fsp3) is 0.400. The van der Waals surface area contributed by atoms with Gasteiger partial charge in [0.25, 0.3) is 0 Å². The molecule has 1 rings (SSSR count). The predicted molar refractivity (Wildman–Crippen MR) is 58.2 cm³/mol. The van der Waals surface area contributed by atoms with Crippen molar-refractivity contribution in [3.63, 3.8) is 0 Å². The summed E-state index contributed by atoms with van der Waals surface area (Å²) in [5, 5.41) is 10.5. The largest absolute Gasteiger partial charge is 0.264 e. The molecule has 0 saturated carbocycles. The molecule has 0 fully saturated rings. The second-order valence-corrected chi connectivity index (χ2v) is 4.21. The summed E-state index contributed by atoms with van der Waals surface area (Å²) in [4.78, 5) is 11.0. The molecule has 0 radical (unpaired) electrons. The van der Waals surface area contributed by atoms with Crippen LogP contribution in [-0.4, -0.2) is 16.7 Å². The maximum absolute atomic E-state index is 12.8. The van der Waals surface area contributed by atoms with Gasteiger partial charge in [0.2, 0.25) is 6.04 Å². The van der Waals surface area contributed by atoms with Gasteiger partial charge in [-0.25, -0.2) is 4.39 Å². The van der Waals surface area contributed by atoms with E-state index in [0.29, 0.717) is 12.2 Å². The smallest absolute Gasteiger partial charge is 0.222 e. The highest BCUT2D eigenvalue weighted by molar-refractivity contribution is 7.99. The van der Waals surface area contributed by atoms with Crippen molar-refractivity contribution in [2.75, 3.05) is 5.75 Å². The minimum Gasteiger partial charge on any atom is -0.264 e. The van der Waals surface area contributed by atoms with Gasteiger partial charge in [-0.2, -0.15) is 0 Å². The molecule has 1 aromatic rings. The zero-order valence-electron chi connectivity index (χ0n) is 8.35. The highest BCUT2D eigenvalue weighted by Gasteiger charge is 2.17. The van der Waals surface area contributed by atoms with Gasteiger partial charge < -0.3 is 0 Å². The maximum atomic E-state index is 12.8. The summed E-state index contributed by atoms with van der Waals surface area (Å²) in [5.41, 5.74) is 0. The first-order valence-electron chi connectivity index (χ1n) is 4.65. The van der Waals surface area contributed by atoms with Crippen molar-refractivity contribution in [2.24, 2.45) is 0 Å². The van der Waals surface area contributed by atoms with E-state index in [2.05, 4.69) is 0 Å². The van der Waals surface area contributed by atoms with Gasteiger partial charge in [-0.1, -0.05) is 13.0 Å². The first-order valence-corrected chi connectivity index (χ1v) is 5.64. The molecule has 0 bridgehead atoms. The minimum atomic E-state index is -0.557. The average Bonchev–Trinajstić information content (AvgIpc) is 2.18. The van der Waals surface area contributed by atoms with Gasteiger partial charge in [0, 0.05) is 16.2 Å². The van der Waals surface area contributed by atoms with Crippen LogP contribution in [0.3, 0.4) is 0 Å². The highest BCUT2D eigenvalue weighted by atomic mass is 32.2. The fourth-order valence-corrected chi connectivity index (χ4v) is 2.19. The SMILES string of the molecule is CCC(CSc1cccc(F)c1)[N+](=O)[O-]. The first kappa shape index (κ1) is 12.0. The molecule has 1 atom stereocenters. The van der Waals surface area contributed by atoms with E-state index in [0.717, 1.165) is 4.90 Å². The number of benzene rings is 1. The molecular formula is C10H12FNO2S. The summed E-state index contributed by atoms with van der Waals surface area (Å²) >= 11 is 1.31. The quantitative estimate of drug-likeness (QED) is 0.443. The zero-order valence-corrected chi connectivity index (χ0v) is 9.17. The van der Waals surface area contributed by atoms with Crippen LogP contribution in [0.25, 0.3) is 0 Å². The van der Waals surface area contributed by atoms with Crippen LogP contribution < -0.4 is 0 Å². The number of nitrogens with zero attached hydrogens (tertiary/aromatic N) is 1. The molecule has 0 heterocycles. The molecule has 0 saturated heterocycles. The van der Waals surface area contributed by atoms with E-state index in [1.807, 2.05) is 0 Å². The van der Waals surface area contributed by atoms with Gasteiger partial charge >= 0.3 is 0 Å². The van der Waals surface area contributed by atoms with Crippen molar-refractivity contribution in [3.05, 3.63) is 40.2 Å². The summed E-state index contributed by atoms with van der Waals surface area (Å²) in [7, 11) is 0. The molecule has 3 nitrogen and oxygen atoms in total. The molecule has 0 spiro atoms. The summed E-state index contributed by atoms with van der Waals surface area (Å²) in [5.74, 6) is 0.0709. The Kier molecular flexibility index (Phi) is 4.55. The number of hydrogen-bond donors (Lipinski definition) is 0. The third-order valence-corrected chi connectivity index (χ3v) is 3.15. The zero-order chi connectivity index (χ0) is 11.3. The lowest BCUT2D eigenvalue weighted by molar-refractivity contribution is -0.516. The van der Waals surface area contributed by atoms with Crippen molar-refractivity contribution in [3.8, 4) is 0 Å². The third kappa shape index (κ3) is 3.87. The monoisotopic (exact) mass is 229 g/mol. The molecule has 0 aliphatic carbocycles. The van der Waals surface area contributed by atoms with Gasteiger partial charge in [0.1, 0.15) is 5.82 Å². The Morgan fingerprint density at radius 2 is 2.33 bits per heavy atom. The summed E-state index contributed by atoms with van der Waals surface area (Å²) < 4.78 is 12.8. The lowest BCUT2D eigenvalue weighted by Gasteiger charge is -2.06. The lowest BCUT2D eigenvalue weighted by Crippen LogP contribution is -2.20. The van der Waals surface area contributed by atoms with E-state index in [4.69, 9.17) is 0 Å². The Balaban J connectivity index is 2.52. The number of nitro groups is 1. The molecule has 0 aromatic heterocycles. The highest BCUT2D eigenvalue weighted by Crippen LogP contribution is 2.20. The number of thioether (sulfide) groups is 1. The van der Waals surface area contributed by atoms with Crippen LogP contribution in [0.2, 0.25) is 0 Å². The Bertz CT molecular complexity index is 346. The van der Waals surface area contributed by atoms with Gasteiger partial charge in [0.05, 0.1) is 5.75 Å². The Morgan fingerprint density at radius 3 is 2.87 bits per heavy atom. The van der Waals surface area contributed by atoms with Crippen LogP contribution in [-0.2, 0) is 0 Å². The molecule has 0 N–H and O–H groups in total.